The van der Waals surface area contributed by atoms with E-state index in [1.165, 1.54) is 6.07 Å². The molecule has 2 fully saturated rings. The van der Waals surface area contributed by atoms with Gasteiger partial charge in [0.05, 0.1) is 30.2 Å². The highest BCUT2D eigenvalue weighted by Crippen LogP contribution is 2.36. The van der Waals surface area contributed by atoms with E-state index in [1.54, 1.807) is 25.5 Å². The van der Waals surface area contributed by atoms with Gasteiger partial charge in [-0.05, 0) is 82.1 Å². The van der Waals surface area contributed by atoms with Gasteiger partial charge in [0.25, 0.3) is 0 Å². The molecule has 0 bridgehead atoms. The fraction of sp³-hybridized carbons (Fsp3) is 0.419. The number of nitrogens with zero attached hydrogens (tertiary/aromatic N) is 4. The van der Waals surface area contributed by atoms with Crippen LogP contribution < -0.4 is 10.0 Å². The zero-order valence-corrected chi connectivity index (χ0v) is 25.1. The van der Waals surface area contributed by atoms with Crippen LogP contribution in [0.2, 0.25) is 5.02 Å². The first kappa shape index (κ1) is 28.4. The van der Waals surface area contributed by atoms with Gasteiger partial charge in [0.1, 0.15) is 25.4 Å². The minimum Gasteiger partial charge on any atom is -0.473 e. The molecule has 2 aromatic heterocycles. The maximum atomic E-state index is 14.1. The van der Waals surface area contributed by atoms with E-state index in [1.807, 2.05) is 30.3 Å². The highest BCUT2D eigenvalue weighted by molar-refractivity contribution is 7.70. The lowest BCUT2D eigenvalue weighted by Crippen LogP contribution is -2.35. The summed E-state index contributed by atoms with van der Waals surface area (Å²) in [6.07, 6.45) is 3.24. The highest BCUT2D eigenvalue weighted by Gasteiger charge is 2.26. The molecule has 7 nitrogen and oxygen atoms in total. The molecule has 2 aliphatic heterocycles. The third kappa shape index (κ3) is 6.51. The molecule has 0 spiro atoms. The second-order valence-electron chi connectivity index (χ2n) is 11.4. The van der Waals surface area contributed by atoms with Crippen molar-refractivity contribution in [1.82, 2.24) is 19.4 Å². The minimum atomic E-state index is -2.37. The SMILES string of the molecule is CP(C)(=O)c1ccc2c(c1)nc(CN1CCC(c3cccc(OCc4ccc(Cl)cc4F)n3)CC1)n2CC1CCO1. The van der Waals surface area contributed by atoms with Crippen LogP contribution in [-0.4, -0.2) is 58.6 Å². The molecule has 0 amide bonds. The molecule has 41 heavy (non-hydrogen) atoms. The van der Waals surface area contributed by atoms with Gasteiger partial charge in [0.15, 0.2) is 0 Å². The number of hydrogen-bond donors (Lipinski definition) is 0. The molecule has 2 saturated heterocycles. The summed E-state index contributed by atoms with van der Waals surface area (Å²) >= 11 is 5.86. The number of aromatic nitrogens is 3. The topological polar surface area (TPSA) is 69.5 Å². The number of ether oxygens (including phenoxy) is 2. The smallest absolute Gasteiger partial charge is 0.213 e. The number of fused-ring (bicyclic) bond motifs is 1. The van der Waals surface area contributed by atoms with Crippen molar-refractivity contribution in [2.45, 2.75) is 51.0 Å². The van der Waals surface area contributed by atoms with Gasteiger partial charge in [-0.2, -0.15) is 0 Å². The zero-order valence-electron chi connectivity index (χ0n) is 23.4. The third-order valence-corrected chi connectivity index (χ3v) is 9.88. The Balaban J connectivity index is 1.11. The second-order valence-corrected chi connectivity index (χ2v) is 15.1. The lowest BCUT2D eigenvalue weighted by atomic mass is 9.93. The molecule has 2 aliphatic rings. The van der Waals surface area contributed by atoms with E-state index in [0.717, 1.165) is 79.9 Å². The fourth-order valence-electron chi connectivity index (χ4n) is 5.58. The number of likely N-dealkylation sites (tertiary alicyclic amines) is 1. The molecule has 4 heterocycles. The summed E-state index contributed by atoms with van der Waals surface area (Å²) < 4.78 is 40.7. The Kier molecular flexibility index (Phi) is 8.19. The molecule has 0 N–H and O–H groups in total. The lowest BCUT2D eigenvalue weighted by molar-refractivity contribution is -0.0592. The molecule has 0 radical (unpaired) electrons. The van der Waals surface area contributed by atoms with Crippen molar-refractivity contribution in [3.63, 3.8) is 0 Å². The van der Waals surface area contributed by atoms with Crippen LogP contribution in [0, 0.1) is 5.82 Å². The van der Waals surface area contributed by atoms with Crippen LogP contribution in [0.25, 0.3) is 11.0 Å². The maximum absolute atomic E-state index is 14.1. The number of imidazole rings is 1. The molecule has 10 heteroatoms. The van der Waals surface area contributed by atoms with Gasteiger partial charge in [-0.15, -0.1) is 0 Å². The summed E-state index contributed by atoms with van der Waals surface area (Å²) in [5.41, 5.74) is 3.42. The fourth-order valence-corrected chi connectivity index (χ4v) is 6.60. The van der Waals surface area contributed by atoms with Crippen LogP contribution in [0.15, 0.2) is 54.6 Å². The van der Waals surface area contributed by atoms with Gasteiger partial charge < -0.3 is 18.6 Å². The zero-order chi connectivity index (χ0) is 28.6. The Morgan fingerprint density at radius 3 is 2.59 bits per heavy atom. The number of piperidine rings is 1. The van der Waals surface area contributed by atoms with E-state index in [0.29, 0.717) is 22.4 Å². The van der Waals surface area contributed by atoms with E-state index in [2.05, 4.69) is 15.5 Å². The summed E-state index contributed by atoms with van der Waals surface area (Å²) in [5, 5.41) is 1.22. The van der Waals surface area contributed by atoms with Crippen molar-refractivity contribution in [3.8, 4) is 5.88 Å². The average Bonchev–Trinajstić information content (AvgIpc) is 3.26. The Bertz CT molecular complexity index is 1590. The predicted octanol–water partition coefficient (Wildman–Crippen LogP) is 6.22. The van der Waals surface area contributed by atoms with Crippen LogP contribution in [0.1, 0.15) is 42.3 Å². The standard InChI is InChI=1S/C31H35ClFN4O3P/c1-41(2,38)25-8-9-29-28(17-25)34-30(37(29)18-24-12-15-39-24)19-36-13-10-21(11-14-36)27-4-3-5-31(35-27)40-20-22-6-7-23(32)16-26(22)33/h3-9,16-17,21,24H,10-15,18-20H2,1-2H3. The Morgan fingerprint density at radius 1 is 1.07 bits per heavy atom. The summed E-state index contributed by atoms with van der Waals surface area (Å²) in [6.45, 7) is 7.92. The van der Waals surface area contributed by atoms with E-state index in [-0.39, 0.29) is 18.5 Å². The quantitative estimate of drug-likeness (QED) is 0.214. The van der Waals surface area contributed by atoms with Crippen molar-refractivity contribution < 1.29 is 18.4 Å². The van der Waals surface area contributed by atoms with Crippen molar-refractivity contribution in [2.24, 2.45) is 0 Å². The third-order valence-electron chi connectivity index (χ3n) is 8.12. The summed E-state index contributed by atoms with van der Waals surface area (Å²) in [5.74, 6) is 1.46. The summed E-state index contributed by atoms with van der Waals surface area (Å²) in [7, 11) is -2.37. The van der Waals surface area contributed by atoms with Crippen LogP contribution in [0.3, 0.4) is 0 Å². The van der Waals surface area contributed by atoms with Crippen LogP contribution >= 0.6 is 18.7 Å². The highest BCUT2D eigenvalue weighted by atomic mass is 35.5. The van der Waals surface area contributed by atoms with E-state index >= 15 is 0 Å². The van der Waals surface area contributed by atoms with E-state index in [9.17, 15) is 8.96 Å². The van der Waals surface area contributed by atoms with Gasteiger partial charge >= 0.3 is 0 Å². The van der Waals surface area contributed by atoms with Crippen LogP contribution in [0.4, 0.5) is 4.39 Å². The lowest BCUT2D eigenvalue weighted by Gasteiger charge is -2.32. The molecule has 2 aromatic carbocycles. The molecule has 0 saturated carbocycles. The second kappa shape index (κ2) is 11.8. The number of halogens is 2. The first-order valence-corrected chi connectivity index (χ1v) is 17.1. The van der Waals surface area contributed by atoms with Crippen LogP contribution in [0.5, 0.6) is 5.88 Å². The van der Waals surface area contributed by atoms with Crippen molar-refractivity contribution in [3.05, 3.63) is 82.5 Å². The normalized spacial score (nSPS) is 18.5. The average molecular weight is 597 g/mol. The van der Waals surface area contributed by atoms with Gasteiger partial charge in [-0.1, -0.05) is 23.7 Å². The van der Waals surface area contributed by atoms with Crippen molar-refractivity contribution in [2.75, 3.05) is 33.0 Å². The number of hydrogen-bond acceptors (Lipinski definition) is 6. The maximum Gasteiger partial charge on any atom is 0.213 e. The minimum absolute atomic E-state index is 0.0976. The first-order valence-electron chi connectivity index (χ1n) is 14.2. The van der Waals surface area contributed by atoms with Gasteiger partial charge in [-0.25, -0.2) is 14.4 Å². The predicted molar refractivity (Wildman–Crippen MR) is 160 cm³/mol. The first-order chi connectivity index (χ1) is 19.7. The molecule has 1 unspecified atom stereocenters. The molecule has 0 aliphatic carbocycles. The van der Waals surface area contributed by atoms with E-state index < -0.39 is 7.14 Å². The molecule has 1 atom stereocenters. The number of benzene rings is 2. The van der Waals surface area contributed by atoms with Gasteiger partial charge in [0, 0.05) is 40.2 Å². The Hall–Kier alpha value is -2.77. The van der Waals surface area contributed by atoms with Gasteiger partial charge in [-0.3, -0.25) is 4.90 Å². The Labute approximate surface area is 245 Å². The van der Waals surface area contributed by atoms with Crippen molar-refractivity contribution in [1.29, 1.82) is 0 Å². The van der Waals surface area contributed by atoms with Crippen LogP contribution in [-0.2, 0) is 29.0 Å². The number of pyridine rings is 1. The molecular formula is C31H35ClFN4O3P. The molecule has 4 aromatic rings. The molecule has 216 valence electrons. The summed E-state index contributed by atoms with van der Waals surface area (Å²) in [6, 6.07) is 16.4. The Morgan fingerprint density at radius 2 is 1.88 bits per heavy atom. The molecule has 6 rings (SSSR count). The molecular weight excluding hydrogens is 562 g/mol. The number of rotatable bonds is 9. The van der Waals surface area contributed by atoms with E-state index in [4.69, 9.17) is 31.0 Å². The largest absolute Gasteiger partial charge is 0.473 e. The monoisotopic (exact) mass is 596 g/mol. The van der Waals surface area contributed by atoms with Gasteiger partial charge in [0.2, 0.25) is 5.88 Å². The van der Waals surface area contributed by atoms with Crippen molar-refractivity contribution >= 4 is 35.1 Å². The summed E-state index contributed by atoms with van der Waals surface area (Å²) in [4.78, 5) is 12.2.